The van der Waals surface area contributed by atoms with Gasteiger partial charge in [-0.15, -0.1) is 0 Å². The summed E-state index contributed by atoms with van der Waals surface area (Å²) in [6.45, 7) is 8.07. The lowest BCUT2D eigenvalue weighted by atomic mass is 10.1. The molecular formula is C16H26N2O2. The number of carbonyl (C=O) groups excluding carboxylic acids is 1. The van der Waals surface area contributed by atoms with Gasteiger partial charge in [0.15, 0.2) is 0 Å². The number of amides is 1. The Morgan fingerprint density at radius 1 is 1.30 bits per heavy atom. The number of benzene rings is 1. The van der Waals surface area contributed by atoms with Crippen LogP contribution in [0.5, 0.6) is 5.75 Å². The van der Waals surface area contributed by atoms with E-state index in [1.165, 1.54) is 0 Å². The summed E-state index contributed by atoms with van der Waals surface area (Å²) in [5.41, 5.74) is 1.05. The van der Waals surface area contributed by atoms with Gasteiger partial charge in [-0.1, -0.05) is 32.9 Å². The van der Waals surface area contributed by atoms with Crippen molar-refractivity contribution in [3.8, 4) is 5.75 Å². The highest BCUT2D eigenvalue weighted by molar-refractivity contribution is 5.78. The van der Waals surface area contributed by atoms with E-state index in [9.17, 15) is 4.79 Å². The Bertz CT molecular complexity index is 419. The number of hydrogen-bond donors (Lipinski definition) is 2. The minimum atomic E-state index is -0.0274. The number of nitrogens with one attached hydrogen (secondary N) is 2. The molecule has 0 aliphatic rings. The largest absolute Gasteiger partial charge is 0.493 e. The van der Waals surface area contributed by atoms with Crippen molar-refractivity contribution >= 4 is 5.91 Å². The Morgan fingerprint density at radius 2 is 2.05 bits per heavy atom. The predicted molar refractivity (Wildman–Crippen MR) is 81.7 cm³/mol. The molecule has 2 N–H and O–H groups in total. The van der Waals surface area contributed by atoms with E-state index in [1.54, 1.807) is 0 Å². The van der Waals surface area contributed by atoms with Crippen molar-refractivity contribution in [2.75, 3.05) is 20.2 Å². The van der Waals surface area contributed by atoms with Gasteiger partial charge in [0.05, 0.1) is 6.61 Å². The molecule has 1 rings (SSSR count). The average Bonchev–Trinajstić information content (AvgIpc) is 2.43. The Morgan fingerprint density at radius 3 is 2.70 bits per heavy atom. The van der Waals surface area contributed by atoms with Crippen LogP contribution in [0, 0.1) is 11.8 Å². The zero-order valence-electron chi connectivity index (χ0n) is 12.9. The Kier molecular flexibility index (Phi) is 7.09. The van der Waals surface area contributed by atoms with Crippen molar-refractivity contribution in [2.24, 2.45) is 11.8 Å². The van der Waals surface area contributed by atoms with E-state index >= 15 is 0 Å². The topological polar surface area (TPSA) is 50.4 Å². The highest BCUT2D eigenvalue weighted by Crippen LogP contribution is 2.14. The fraction of sp³-hybridized carbons (Fsp3) is 0.562. The zero-order valence-corrected chi connectivity index (χ0v) is 12.9. The van der Waals surface area contributed by atoms with Gasteiger partial charge < -0.3 is 15.4 Å². The van der Waals surface area contributed by atoms with E-state index in [0.717, 1.165) is 11.3 Å². The molecule has 0 spiro atoms. The lowest BCUT2D eigenvalue weighted by molar-refractivity contribution is -0.124. The molecule has 0 saturated heterocycles. The minimum absolute atomic E-state index is 0.0274. The normalized spacial score (nSPS) is 12.2. The second kappa shape index (κ2) is 8.59. The summed E-state index contributed by atoms with van der Waals surface area (Å²) in [5.74, 6) is 1.39. The van der Waals surface area contributed by atoms with E-state index in [0.29, 0.717) is 25.6 Å². The highest BCUT2D eigenvalue weighted by atomic mass is 16.5. The van der Waals surface area contributed by atoms with Crippen LogP contribution in [0.2, 0.25) is 0 Å². The quantitative estimate of drug-likeness (QED) is 0.766. The second-order valence-corrected chi connectivity index (χ2v) is 5.53. The molecule has 0 saturated carbocycles. The van der Waals surface area contributed by atoms with Crippen LogP contribution < -0.4 is 15.4 Å². The van der Waals surface area contributed by atoms with Crippen molar-refractivity contribution < 1.29 is 9.53 Å². The summed E-state index contributed by atoms with van der Waals surface area (Å²) < 4.78 is 5.68. The van der Waals surface area contributed by atoms with Crippen LogP contribution in [0.3, 0.4) is 0 Å². The summed E-state index contributed by atoms with van der Waals surface area (Å²) in [5, 5.41) is 5.94. The van der Waals surface area contributed by atoms with Crippen molar-refractivity contribution in [3.05, 3.63) is 29.8 Å². The molecule has 112 valence electrons. The standard InChI is InChI=1S/C16H26N2O2/c1-12(2)11-20-15-7-5-6-14(8-15)10-18-16(19)13(3)9-17-4/h5-8,12-13,17H,9-11H2,1-4H3,(H,18,19). The lowest BCUT2D eigenvalue weighted by Crippen LogP contribution is -2.33. The van der Waals surface area contributed by atoms with Gasteiger partial charge in [0.2, 0.25) is 5.91 Å². The van der Waals surface area contributed by atoms with Gasteiger partial charge in [0, 0.05) is 19.0 Å². The smallest absolute Gasteiger partial charge is 0.224 e. The molecule has 0 radical (unpaired) electrons. The van der Waals surface area contributed by atoms with Gasteiger partial charge in [-0.2, -0.15) is 0 Å². The fourth-order valence-electron chi connectivity index (χ4n) is 1.77. The summed E-state index contributed by atoms with van der Waals surface area (Å²) in [6.07, 6.45) is 0. The molecule has 0 aliphatic heterocycles. The van der Waals surface area contributed by atoms with Crippen molar-refractivity contribution in [2.45, 2.75) is 27.3 Å². The third-order valence-electron chi connectivity index (χ3n) is 2.91. The van der Waals surface area contributed by atoms with E-state index < -0.39 is 0 Å². The molecule has 0 aliphatic carbocycles. The molecule has 0 fully saturated rings. The molecule has 0 heterocycles. The van der Waals surface area contributed by atoms with Gasteiger partial charge >= 0.3 is 0 Å². The molecule has 1 aromatic rings. The van der Waals surface area contributed by atoms with Crippen LogP contribution in [0.4, 0.5) is 0 Å². The van der Waals surface area contributed by atoms with Gasteiger partial charge in [0.25, 0.3) is 0 Å². The molecular weight excluding hydrogens is 252 g/mol. The molecule has 4 nitrogen and oxygen atoms in total. The predicted octanol–water partition coefficient (Wildman–Crippen LogP) is 2.19. The molecule has 20 heavy (non-hydrogen) atoms. The molecule has 0 aromatic heterocycles. The van der Waals surface area contributed by atoms with Crippen LogP contribution in [-0.2, 0) is 11.3 Å². The number of hydrogen-bond acceptors (Lipinski definition) is 3. The third-order valence-corrected chi connectivity index (χ3v) is 2.91. The van der Waals surface area contributed by atoms with Gasteiger partial charge in [-0.3, -0.25) is 4.79 Å². The average molecular weight is 278 g/mol. The number of rotatable bonds is 8. The first kappa shape index (κ1) is 16.5. The van der Waals surface area contributed by atoms with Crippen molar-refractivity contribution in [1.29, 1.82) is 0 Å². The van der Waals surface area contributed by atoms with Crippen LogP contribution >= 0.6 is 0 Å². The summed E-state index contributed by atoms with van der Waals surface area (Å²) in [6, 6.07) is 7.86. The van der Waals surface area contributed by atoms with Crippen LogP contribution in [0.1, 0.15) is 26.3 Å². The second-order valence-electron chi connectivity index (χ2n) is 5.53. The fourth-order valence-corrected chi connectivity index (χ4v) is 1.77. The van der Waals surface area contributed by atoms with Crippen LogP contribution in [-0.4, -0.2) is 26.1 Å². The Labute approximate surface area is 121 Å². The summed E-state index contributed by atoms with van der Waals surface area (Å²) in [7, 11) is 1.85. The Hall–Kier alpha value is -1.55. The zero-order chi connectivity index (χ0) is 15.0. The number of ether oxygens (including phenoxy) is 1. The molecule has 1 atom stereocenters. The number of carbonyl (C=O) groups is 1. The first-order valence-electron chi connectivity index (χ1n) is 7.17. The Balaban J connectivity index is 2.47. The molecule has 4 heteroatoms. The monoisotopic (exact) mass is 278 g/mol. The minimum Gasteiger partial charge on any atom is -0.493 e. The highest BCUT2D eigenvalue weighted by Gasteiger charge is 2.11. The van der Waals surface area contributed by atoms with E-state index in [4.69, 9.17) is 4.74 Å². The van der Waals surface area contributed by atoms with Crippen molar-refractivity contribution in [1.82, 2.24) is 10.6 Å². The lowest BCUT2D eigenvalue weighted by Gasteiger charge is -2.13. The maximum atomic E-state index is 11.8. The molecule has 1 aromatic carbocycles. The van der Waals surface area contributed by atoms with E-state index in [1.807, 2.05) is 38.2 Å². The van der Waals surface area contributed by atoms with Gasteiger partial charge in [-0.25, -0.2) is 0 Å². The van der Waals surface area contributed by atoms with Gasteiger partial charge in [-0.05, 0) is 30.7 Å². The maximum absolute atomic E-state index is 11.8. The van der Waals surface area contributed by atoms with Crippen molar-refractivity contribution in [3.63, 3.8) is 0 Å². The summed E-state index contributed by atoms with van der Waals surface area (Å²) in [4.78, 5) is 11.8. The summed E-state index contributed by atoms with van der Waals surface area (Å²) >= 11 is 0. The van der Waals surface area contributed by atoms with E-state index in [2.05, 4.69) is 24.5 Å². The SMILES string of the molecule is CNCC(C)C(=O)NCc1cccc(OCC(C)C)c1. The third kappa shape index (κ3) is 6.06. The first-order chi connectivity index (χ1) is 9.52. The molecule has 1 amide bonds. The van der Waals surface area contributed by atoms with Gasteiger partial charge in [0.1, 0.15) is 5.75 Å². The van der Waals surface area contributed by atoms with Crippen LogP contribution in [0.25, 0.3) is 0 Å². The van der Waals surface area contributed by atoms with E-state index in [-0.39, 0.29) is 11.8 Å². The first-order valence-corrected chi connectivity index (χ1v) is 7.17. The molecule has 1 unspecified atom stereocenters. The maximum Gasteiger partial charge on any atom is 0.224 e. The molecule has 0 bridgehead atoms. The van der Waals surface area contributed by atoms with Crippen LogP contribution in [0.15, 0.2) is 24.3 Å².